The van der Waals surface area contributed by atoms with E-state index in [0.717, 1.165) is 35.6 Å². The lowest BCUT2D eigenvalue weighted by Gasteiger charge is -2.28. The van der Waals surface area contributed by atoms with Crippen molar-refractivity contribution in [1.82, 2.24) is 9.97 Å². The van der Waals surface area contributed by atoms with Crippen LogP contribution in [0.3, 0.4) is 0 Å². The van der Waals surface area contributed by atoms with Crippen LogP contribution in [-0.2, 0) is 4.74 Å². The van der Waals surface area contributed by atoms with Gasteiger partial charge in [-0.15, -0.1) is 0 Å². The van der Waals surface area contributed by atoms with Crippen molar-refractivity contribution in [2.75, 3.05) is 36.9 Å². The minimum Gasteiger partial charge on any atom is -0.398 e. The molecule has 0 spiro atoms. The number of ether oxygens (including phenoxy) is 1. The molecule has 0 unspecified atom stereocenters. The summed E-state index contributed by atoms with van der Waals surface area (Å²) in [6.45, 7) is 2.91. The van der Waals surface area contributed by atoms with Gasteiger partial charge in [-0.05, 0) is 41.5 Å². The largest absolute Gasteiger partial charge is 0.398 e. The molecule has 0 saturated carbocycles. The molecule has 0 aliphatic carbocycles. The maximum Gasteiger partial charge on any atom is 0.248 e. The smallest absolute Gasteiger partial charge is 0.248 e. The standard InChI is InChI=1S/C21H21N5O2/c22-18-2-1-14(15-3-6-25-20(27)13-15)11-17(18)21(23)16-4-5-24-19(12-16)26-7-9-28-10-8-26/h1-6,11-13,23H,7-10,22H2,(H,25,27). The van der Waals surface area contributed by atoms with Crippen LogP contribution in [0.15, 0.2) is 59.7 Å². The normalized spacial score (nSPS) is 14.1. The van der Waals surface area contributed by atoms with E-state index in [9.17, 15) is 4.79 Å². The van der Waals surface area contributed by atoms with E-state index < -0.39 is 0 Å². The Labute approximate surface area is 162 Å². The number of hydrogen-bond donors (Lipinski definition) is 3. The Morgan fingerprint density at radius 3 is 2.68 bits per heavy atom. The molecule has 7 heteroatoms. The number of nitrogens with zero attached hydrogens (tertiary/aromatic N) is 2. The highest BCUT2D eigenvalue weighted by atomic mass is 16.5. The molecule has 1 saturated heterocycles. The average Bonchev–Trinajstić information content (AvgIpc) is 2.74. The van der Waals surface area contributed by atoms with E-state index in [2.05, 4.69) is 14.9 Å². The van der Waals surface area contributed by atoms with Crippen LogP contribution in [0.1, 0.15) is 11.1 Å². The Morgan fingerprint density at radius 2 is 1.89 bits per heavy atom. The predicted octanol–water partition coefficient (Wildman–Crippen LogP) is 2.27. The molecule has 0 atom stereocenters. The number of aromatic amines is 1. The van der Waals surface area contributed by atoms with Crippen molar-refractivity contribution >= 4 is 17.2 Å². The Kier molecular flexibility index (Phi) is 4.90. The van der Waals surface area contributed by atoms with E-state index in [1.165, 1.54) is 6.07 Å². The van der Waals surface area contributed by atoms with Crippen LogP contribution in [0.4, 0.5) is 11.5 Å². The van der Waals surface area contributed by atoms with Crippen LogP contribution in [0.2, 0.25) is 0 Å². The van der Waals surface area contributed by atoms with Crippen LogP contribution in [0.25, 0.3) is 11.1 Å². The molecule has 142 valence electrons. The van der Waals surface area contributed by atoms with Crippen molar-refractivity contribution in [2.45, 2.75) is 0 Å². The van der Waals surface area contributed by atoms with Crippen molar-refractivity contribution in [2.24, 2.45) is 0 Å². The molecular weight excluding hydrogens is 354 g/mol. The van der Waals surface area contributed by atoms with Gasteiger partial charge in [0.05, 0.1) is 18.9 Å². The maximum atomic E-state index is 11.6. The number of nitrogen functional groups attached to an aromatic ring is 1. The van der Waals surface area contributed by atoms with Crippen LogP contribution in [0.5, 0.6) is 0 Å². The quantitative estimate of drug-likeness (QED) is 0.479. The second-order valence-electron chi connectivity index (χ2n) is 6.62. The second-order valence-corrected chi connectivity index (χ2v) is 6.62. The summed E-state index contributed by atoms with van der Waals surface area (Å²) in [6, 6.07) is 12.5. The molecule has 7 nitrogen and oxygen atoms in total. The first-order valence-corrected chi connectivity index (χ1v) is 9.08. The van der Waals surface area contributed by atoms with Gasteiger partial charge in [-0.1, -0.05) is 6.07 Å². The number of benzene rings is 1. The molecule has 0 amide bonds. The summed E-state index contributed by atoms with van der Waals surface area (Å²) < 4.78 is 5.39. The zero-order valence-electron chi connectivity index (χ0n) is 15.3. The molecule has 1 fully saturated rings. The van der Waals surface area contributed by atoms with Gasteiger partial charge in [0.25, 0.3) is 0 Å². The van der Waals surface area contributed by atoms with Crippen LogP contribution in [0, 0.1) is 5.41 Å². The third-order valence-electron chi connectivity index (χ3n) is 4.80. The lowest BCUT2D eigenvalue weighted by Crippen LogP contribution is -2.36. The maximum absolute atomic E-state index is 11.6. The third-order valence-corrected chi connectivity index (χ3v) is 4.80. The highest BCUT2D eigenvalue weighted by molar-refractivity contribution is 6.14. The van der Waals surface area contributed by atoms with Crippen molar-refractivity contribution in [1.29, 1.82) is 5.41 Å². The molecule has 1 aliphatic heterocycles. The van der Waals surface area contributed by atoms with Gasteiger partial charge in [-0.3, -0.25) is 10.2 Å². The van der Waals surface area contributed by atoms with E-state index in [4.69, 9.17) is 15.9 Å². The summed E-state index contributed by atoms with van der Waals surface area (Å²) in [5.41, 5.74) is 9.81. The van der Waals surface area contributed by atoms with Crippen LogP contribution >= 0.6 is 0 Å². The number of nitrogens with one attached hydrogen (secondary N) is 2. The molecular formula is C21H21N5O2. The topological polar surface area (TPSA) is 108 Å². The highest BCUT2D eigenvalue weighted by Crippen LogP contribution is 2.25. The van der Waals surface area contributed by atoms with Gasteiger partial charge >= 0.3 is 0 Å². The lowest BCUT2D eigenvalue weighted by molar-refractivity contribution is 0.122. The van der Waals surface area contributed by atoms with E-state index in [0.29, 0.717) is 30.2 Å². The Hall–Kier alpha value is -3.45. The SMILES string of the molecule is N=C(c1ccnc(N2CCOCC2)c1)c1cc(-c2cc[nH]c(=O)c2)ccc1N. The Balaban J connectivity index is 1.68. The van der Waals surface area contributed by atoms with Crippen molar-refractivity contribution in [3.05, 3.63) is 76.3 Å². The fourth-order valence-corrected chi connectivity index (χ4v) is 3.27. The molecule has 4 N–H and O–H groups in total. The van der Waals surface area contributed by atoms with Gasteiger partial charge in [0.15, 0.2) is 0 Å². The minimum absolute atomic E-state index is 0.171. The van der Waals surface area contributed by atoms with Gasteiger partial charge in [0.2, 0.25) is 5.56 Å². The predicted molar refractivity (Wildman–Crippen MR) is 110 cm³/mol. The van der Waals surface area contributed by atoms with Crippen molar-refractivity contribution in [3.63, 3.8) is 0 Å². The van der Waals surface area contributed by atoms with Gasteiger partial charge in [0, 0.05) is 48.4 Å². The number of pyridine rings is 2. The molecule has 3 aromatic rings. The van der Waals surface area contributed by atoms with Gasteiger partial charge in [0.1, 0.15) is 5.82 Å². The summed E-state index contributed by atoms with van der Waals surface area (Å²) in [5.74, 6) is 0.829. The molecule has 1 aromatic carbocycles. The first-order chi connectivity index (χ1) is 13.6. The number of morpholine rings is 1. The van der Waals surface area contributed by atoms with Gasteiger partial charge in [-0.25, -0.2) is 4.98 Å². The highest BCUT2D eigenvalue weighted by Gasteiger charge is 2.15. The molecule has 2 aromatic heterocycles. The molecule has 4 rings (SSSR count). The fourth-order valence-electron chi connectivity index (χ4n) is 3.27. The third kappa shape index (κ3) is 3.65. The number of hydrogen-bond acceptors (Lipinski definition) is 6. The fraction of sp³-hybridized carbons (Fsp3) is 0.190. The van der Waals surface area contributed by atoms with Crippen LogP contribution < -0.4 is 16.2 Å². The second kappa shape index (κ2) is 7.66. The molecule has 1 aliphatic rings. The van der Waals surface area contributed by atoms with E-state index in [1.54, 1.807) is 18.5 Å². The van der Waals surface area contributed by atoms with Gasteiger partial charge in [-0.2, -0.15) is 0 Å². The number of rotatable bonds is 4. The summed E-state index contributed by atoms with van der Waals surface area (Å²) in [6.07, 6.45) is 3.32. The minimum atomic E-state index is -0.171. The van der Waals surface area contributed by atoms with Gasteiger partial charge < -0.3 is 20.4 Å². The Bertz CT molecular complexity index is 1070. The molecule has 28 heavy (non-hydrogen) atoms. The molecule has 0 radical (unpaired) electrons. The lowest BCUT2D eigenvalue weighted by atomic mass is 9.97. The zero-order valence-corrected chi connectivity index (χ0v) is 15.3. The Morgan fingerprint density at radius 1 is 1.11 bits per heavy atom. The first kappa shape index (κ1) is 17.9. The van der Waals surface area contributed by atoms with Crippen molar-refractivity contribution in [3.8, 4) is 11.1 Å². The first-order valence-electron chi connectivity index (χ1n) is 9.08. The summed E-state index contributed by atoms with van der Waals surface area (Å²) in [5, 5.41) is 8.70. The summed E-state index contributed by atoms with van der Waals surface area (Å²) >= 11 is 0. The molecule has 0 bridgehead atoms. The monoisotopic (exact) mass is 375 g/mol. The molecule has 3 heterocycles. The van der Waals surface area contributed by atoms with E-state index >= 15 is 0 Å². The van der Waals surface area contributed by atoms with E-state index in [1.807, 2.05) is 30.3 Å². The summed E-state index contributed by atoms with van der Waals surface area (Å²) in [7, 11) is 0. The number of H-pyrrole nitrogens is 1. The number of nitrogens with two attached hydrogens (primary N) is 1. The average molecular weight is 375 g/mol. The van der Waals surface area contributed by atoms with E-state index in [-0.39, 0.29) is 5.56 Å². The van der Waals surface area contributed by atoms with Crippen LogP contribution in [-0.4, -0.2) is 42.0 Å². The van der Waals surface area contributed by atoms with Crippen molar-refractivity contribution < 1.29 is 4.74 Å². The zero-order chi connectivity index (χ0) is 19.5. The number of aromatic nitrogens is 2. The number of anilines is 2. The summed E-state index contributed by atoms with van der Waals surface area (Å²) in [4.78, 5) is 20.8.